The van der Waals surface area contributed by atoms with Gasteiger partial charge in [-0.15, -0.1) is 0 Å². The Hall–Kier alpha value is -2.53. The van der Waals surface area contributed by atoms with Gasteiger partial charge in [-0.05, 0) is 19.3 Å². The molecule has 3 aliphatic heterocycles. The summed E-state index contributed by atoms with van der Waals surface area (Å²) in [5, 5.41) is 135. The molecular formula is C59H108N2O21. The van der Waals surface area contributed by atoms with Crippen molar-refractivity contribution in [2.75, 3.05) is 26.4 Å². The van der Waals surface area contributed by atoms with E-state index >= 15 is 0 Å². The highest BCUT2D eigenvalue weighted by Crippen LogP contribution is 2.38. The molecule has 0 spiro atoms. The summed E-state index contributed by atoms with van der Waals surface area (Å²) < 4.78 is 34.7. The first-order valence-electron chi connectivity index (χ1n) is 31.1. The normalized spacial score (nSPS) is 30.2. The number of carboxylic acid groups (broad SMARTS) is 1. The van der Waals surface area contributed by atoms with Crippen molar-refractivity contribution in [3.63, 3.8) is 0 Å². The van der Waals surface area contributed by atoms with Crippen molar-refractivity contribution in [3.8, 4) is 0 Å². The molecule has 0 aromatic rings. The minimum Gasteiger partial charge on any atom is -0.477 e. The highest BCUT2D eigenvalue weighted by atomic mass is 16.8. The number of carbonyl (C=O) groups is 3. The Morgan fingerprint density at radius 3 is 1.62 bits per heavy atom. The van der Waals surface area contributed by atoms with Crippen molar-refractivity contribution in [1.29, 1.82) is 0 Å². The van der Waals surface area contributed by atoms with Crippen molar-refractivity contribution >= 4 is 17.8 Å². The van der Waals surface area contributed by atoms with Crippen molar-refractivity contribution in [2.24, 2.45) is 0 Å². The number of carboxylic acids is 1. The third-order valence-corrected chi connectivity index (χ3v) is 16.0. The van der Waals surface area contributed by atoms with E-state index in [1.165, 1.54) is 116 Å². The summed E-state index contributed by atoms with van der Waals surface area (Å²) in [6.07, 6.45) is 5.61. The van der Waals surface area contributed by atoms with Crippen molar-refractivity contribution in [2.45, 2.75) is 317 Å². The number of carbonyl (C=O) groups excluding carboxylic acids is 2. The van der Waals surface area contributed by atoms with Gasteiger partial charge in [-0.2, -0.15) is 0 Å². The zero-order valence-electron chi connectivity index (χ0n) is 49.3. The number of nitrogens with one attached hydrogen (secondary N) is 2. The summed E-state index contributed by atoms with van der Waals surface area (Å²) in [7, 11) is 0. The Morgan fingerprint density at radius 2 is 1.13 bits per heavy atom. The highest BCUT2D eigenvalue weighted by molar-refractivity contribution is 5.77. The van der Waals surface area contributed by atoms with E-state index in [4.69, 9.17) is 28.4 Å². The van der Waals surface area contributed by atoms with Gasteiger partial charge in [0.15, 0.2) is 12.6 Å². The van der Waals surface area contributed by atoms with Gasteiger partial charge in [0.05, 0.1) is 50.7 Å². The minimum absolute atomic E-state index is 0.204. The Morgan fingerprint density at radius 1 is 0.634 bits per heavy atom. The summed E-state index contributed by atoms with van der Waals surface area (Å²) in [5.41, 5.74) is 0. The largest absolute Gasteiger partial charge is 0.477 e. The molecule has 480 valence electrons. The number of hydrogen-bond donors (Lipinski definition) is 14. The van der Waals surface area contributed by atoms with Crippen LogP contribution in [-0.4, -0.2) is 215 Å². The van der Waals surface area contributed by atoms with Crippen LogP contribution in [0.4, 0.5) is 0 Å². The molecule has 2 amide bonds. The lowest BCUT2D eigenvalue weighted by molar-refractivity contribution is -0.386. The number of allylic oxidation sites excluding steroid dienone is 1. The lowest BCUT2D eigenvalue weighted by Crippen LogP contribution is -2.70. The molecule has 82 heavy (non-hydrogen) atoms. The van der Waals surface area contributed by atoms with Gasteiger partial charge in [-0.25, -0.2) is 4.79 Å². The lowest BCUT2D eigenvalue weighted by Gasteiger charge is -2.50. The minimum atomic E-state index is -3.08. The van der Waals surface area contributed by atoms with Crippen LogP contribution >= 0.6 is 0 Å². The molecule has 18 atom stereocenters. The molecule has 3 saturated heterocycles. The number of ether oxygens (including phenoxy) is 6. The van der Waals surface area contributed by atoms with E-state index in [0.717, 1.165) is 51.9 Å². The fourth-order valence-corrected chi connectivity index (χ4v) is 10.9. The number of amides is 2. The third-order valence-electron chi connectivity index (χ3n) is 16.0. The first-order chi connectivity index (χ1) is 39.4. The lowest BCUT2D eigenvalue weighted by atomic mass is 9.88. The molecule has 3 rings (SSSR count). The Bertz CT molecular complexity index is 1740. The summed E-state index contributed by atoms with van der Waals surface area (Å²) in [6, 6.07) is -2.61. The second-order valence-electron chi connectivity index (χ2n) is 22.9. The SMILES string of the molecule is CCCCCCCCCCCCC/C=C/[C@@H](O)[C@H](CO[C@@H]1O[C@@H](CO)[C@@H](O[C@@H]2OC(CO)[C@H](O)C(O[C@]3(C(=O)O)C[C@@H](O)[C@@H](NC(C)=O)C([C@H](O)[C@H](O)CO)O3)C2O)C(O)C1O)NC(=O)CCCCCCCCCCCCCCCCC. The number of aliphatic carboxylic acids is 1. The van der Waals surface area contributed by atoms with Crippen molar-refractivity contribution in [1.82, 2.24) is 10.6 Å². The molecule has 3 heterocycles. The van der Waals surface area contributed by atoms with Gasteiger partial charge in [0, 0.05) is 19.8 Å². The van der Waals surface area contributed by atoms with Crippen LogP contribution in [0.25, 0.3) is 0 Å². The zero-order valence-corrected chi connectivity index (χ0v) is 49.3. The van der Waals surface area contributed by atoms with E-state index < -0.39 is 155 Å². The van der Waals surface area contributed by atoms with Crippen LogP contribution in [-0.2, 0) is 42.8 Å². The molecule has 0 aromatic heterocycles. The summed E-state index contributed by atoms with van der Waals surface area (Å²) >= 11 is 0. The van der Waals surface area contributed by atoms with Gasteiger partial charge in [0.25, 0.3) is 5.79 Å². The quantitative estimate of drug-likeness (QED) is 0.0307. The van der Waals surface area contributed by atoms with E-state index in [2.05, 4.69) is 24.5 Å². The van der Waals surface area contributed by atoms with Gasteiger partial charge in [0.1, 0.15) is 67.1 Å². The van der Waals surface area contributed by atoms with E-state index in [1.54, 1.807) is 6.08 Å². The van der Waals surface area contributed by atoms with E-state index in [-0.39, 0.29) is 12.3 Å². The Labute approximate surface area is 486 Å². The predicted molar refractivity (Wildman–Crippen MR) is 301 cm³/mol. The molecular weight excluding hydrogens is 1070 g/mol. The molecule has 23 nitrogen and oxygen atoms in total. The Kier molecular flexibility index (Phi) is 37.4. The predicted octanol–water partition coefficient (Wildman–Crippen LogP) is 3.17. The van der Waals surface area contributed by atoms with Gasteiger partial charge >= 0.3 is 5.97 Å². The van der Waals surface area contributed by atoms with Crippen LogP contribution in [0.5, 0.6) is 0 Å². The zero-order chi connectivity index (χ0) is 60.5. The maximum absolute atomic E-state index is 13.4. The molecule has 3 fully saturated rings. The maximum atomic E-state index is 13.4. The molecule has 3 aliphatic rings. The van der Waals surface area contributed by atoms with Gasteiger partial charge in [-0.1, -0.05) is 180 Å². The van der Waals surface area contributed by atoms with Crippen LogP contribution in [0.15, 0.2) is 12.2 Å². The van der Waals surface area contributed by atoms with E-state index in [9.17, 15) is 75.7 Å². The average molecular weight is 1180 g/mol. The molecule has 0 saturated carbocycles. The molecule has 23 heteroatoms. The molecule has 0 aromatic carbocycles. The van der Waals surface area contributed by atoms with Crippen LogP contribution in [0.3, 0.4) is 0 Å². The van der Waals surface area contributed by atoms with E-state index in [0.29, 0.717) is 12.8 Å². The molecule has 0 aliphatic carbocycles. The first kappa shape index (κ1) is 73.7. The van der Waals surface area contributed by atoms with Crippen LogP contribution < -0.4 is 10.6 Å². The second kappa shape index (κ2) is 41.5. The van der Waals surface area contributed by atoms with Crippen LogP contribution in [0.1, 0.15) is 207 Å². The van der Waals surface area contributed by atoms with Gasteiger partial charge in [0.2, 0.25) is 11.8 Å². The molecule has 0 radical (unpaired) electrons. The average Bonchev–Trinajstić information content (AvgIpc) is 3.65. The highest BCUT2D eigenvalue weighted by Gasteiger charge is 2.60. The third kappa shape index (κ3) is 25.4. The summed E-state index contributed by atoms with van der Waals surface area (Å²) in [6.45, 7) is 2.10. The Balaban J connectivity index is 1.67. The van der Waals surface area contributed by atoms with Gasteiger partial charge < -0.3 is 100 Å². The first-order valence-corrected chi connectivity index (χ1v) is 31.1. The topological polar surface area (TPSA) is 373 Å². The number of rotatable bonds is 45. The van der Waals surface area contributed by atoms with Crippen molar-refractivity contribution < 1.29 is 104 Å². The molecule has 0 bridgehead atoms. The van der Waals surface area contributed by atoms with Gasteiger partial charge in [-0.3, -0.25) is 9.59 Å². The van der Waals surface area contributed by atoms with E-state index in [1.807, 2.05) is 6.08 Å². The molecule has 14 N–H and O–H groups in total. The fourth-order valence-electron chi connectivity index (χ4n) is 10.9. The number of unbranched alkanes of at least 4 members (excludes halogenated alkanes) is 25. The number of aliphatic hydroxyl groups is 11. The van der Waals surface area contributed by atoms with Crippen LogP contribution in [0.2, 0.25) is 0 Å². The molecule has 6 unspecified atom stereocenters. The summed E-state index contributed by atoms with van der Waals surface area (Å²) in [5.74, 6) is -6.14. The monoisotopic (exact) mass is 1180 g/mol. The van der Waals surface area contributed by atoms with Crippen molar-refractivity contribution in [3.05, 3.63) is 12.2 Å². The smallest absolute Gasteiger partial charge is 0.364 e. The maximum Gasteiger partial charge on any atom is 0.364 e. The number of aliphatic hydroxyl groups excluding tert-OH is 11. The standard InChI is InChI=1S/C59H108N2O21/c1-4-6-8-10-12-14-16-18-19-21-23-25-27-29-31-33-46(69)61-40(41(66)32-30-28-26-24-22-20-17-15-13-11-9-7-5-2)38-77-56-51(73)50(72)53(45(37-64)79-56)80-57-52(74)55(49(71)44(36-63)78-57)82-59(58(75)76)34-42(67)47(60-39(3)65)54(81-59)48(70)43(68)35-62/h30,32,40-45,47-57,62-64,66-68,70-74H,4-29,31,33-38H2,1-3H3,(H,60,65)(H,61,69)(H,75,76)/b32-30+/t40-,41+,42+,43+,44?,45-,47+,48+,49-,50?,51?,52?,53+,54?,55?,56+,57-,59-/m0/s1. The second-order valence-corrected chi connectivity index (χ2v) is 22.9. The summed E-state index contributed by atoms with van der Waals surface area (Å²) in [4.78, 5) is 38.4. The number of hydrogen-bond acceptors (Lipinski definition) is 20. The fraction of sp³-hybridized carbons (Fsp3) is 0.915. The van der Waals surface area contributed by atoms with Crippen LogP contribution in [0, 0.1) is 0 Å².